The van der Waals surface area contributed by atoms with Gasteiger partial charge in [0.05, 0.1) is 11.8 Å². The standard InChI is InChI=1S/C25H31N3O5/c1-13-9-10-16-21(14(13)2)26-24(33)25(16)20-19(17(27-25)11-12-18(29)30)22(31)28(23(20)32)15-7-5-3-4-6-8-15/h9-10,15,17,19-20,27H,3-8,11-12H2,1-2H3,(H,26,33)(H,29,30)/t17-,19+,20+,25+/m0/s1. The van der Waals surface area contributed by atoms with E-state index in [9.17, 15) is 24.3 Å². The molecular formula is C25H31N3O5. The Labute approximate surface area is 193 Å². The number of aliphatic carboxylic acids is 1. The minimum absolute atomic E-state index is 0.136. The first kappa shape index (κ1) is 22.1. The molecule has 1 aromatic rings. The molecule has 2 saturated heterocycles. The van der Waals surface area contributed by atoms with E-state index in [4.69, 9.17) is 0 Å². The Morgan fingerprint density at radius 3 is 2.45 bits per heavy atom. The van der Waals surface area contributed by atoms with Crippen LogP contribution in [0.4, 0.5) is 5.69 Å². The molecule has 5 rings (SSSR count). The van der Waals surface area contributed by atoms with Crippen LogP contribution >= 0.6 is 0 Å². The van der Waals surface area contributed by atoms with Crippen LogP contribution in [0.2, 0.25) is 0 Å². The number of benzene rings is 1. The van der Waals surface area contributed by atoms with Crippen LogP contribution in [-0.4, -0.2) is 45.8 Å². The number of carbonyl (C=O) groups is 4. The number of fused-ring (bicyclic) bond motifs is 4. The summed E-state index contributed by atoms with van der Waals surface area (Å²) in [5.74, 6) is -3.43. The first-order valence-corrected chi connectivity index (χ1v) is 12.1. The van der Waals surface area contributed by atoms with Crippen LogP contribution in [0.25, 0.3) is 0 Å². The first-order chi connectivity index (χ1) is 15.8. The summed E-state index contributed by atoms with van der Waals surface area (Å²) in [5.41, 5.74) is 1.98. The number of aryl methyl sites for hydroxylation is 1. The van der Waals surface area contributed by atoms with Gasteiger partial charge >= 0.3 is 5.97 Å². The number of hydrogen-bond donors (Lipinski definition) is 3. The first-order valence-electron chi connectivity index (χ1n) is 12.1. The topological polar surface area (TPSA) is 116 Å². The van der Waals surface area contributed by atoms with Gasteiger partial charge < -0.3 is 10.4 Å². The second kappa shape index (κ2) is 7.94. The average Bonchev–Trinajstić information content (AvgIpc) is 3.24. The summed E-state index contributed by atoms with van der Waals surface area (Å²) < 4.78 is 0. The van der Waals surface area contributed by atoms with E-state index in [0.29, 0.717) is 11.3 Å². The summed E-state index contributed by atoms with van der Waals surface area (Å²) in [6, 6.07) is 3.10. The lowest BCUT2D eigenvalue weighted by Gasteiger charge is -2.32. The van der Waals surface area contributed by atoms with Gasteiger partial charge in [0.15, 0.2) is 0 Å². The fraction of sp³-hybridized carbons (Fsp3) is 0.600. The van der Waals surface area contributed by atoms with Crippen molar-refractivity contribution in [1.82, 2.24) is 10.2 Å². The SMILES string of the molecule is Cc1ccc2c(c1C)NC(=O)[C@@]21N[C@@H](CCC(=O)O)[C@H]2C(=O)N(C3CCCCCC3)C(=O)[C@@H]21. The molecule has 1 saturated carbocycles. The number of carboxylic acid groups (broad SMARTS) is 1. The molecule has 1 aliphatic carbocycles. The second-order valence-electron chi connectivity index (χ2n) is 10.1. The van der Waals surface area contributed by atoms with E-state index in [0.717, 1.165) is 49.7 Å². The summed E-state index contributed by atoms with van der Waals surface area (Å²) in [6.45, 7) is 3.90. The number of likely N-dealkylation sites (tertiary alicyclic amines) is 1. The van der Waals surface area contributed by atoms with Crippen LogP contribution in [-0.2, 0) is 24.7 Å². The van der Waals surface area contributed by atoms with E-state index in [2.05, 4.69) is 10.6 Å². The van der Waals surface area contributed by atoms with Crippen molar-refractivity contribution in [2.24, 2.45) is 11.8 Å². The maximum Gasteiger partial charge on any atom is 0.303 e. The van der Waals surface area contributed by atoms with Gasteiger partial charge in [-0.25, -0.2) is 0 Å². The minimum Gasteiger partial charge on any atom is -0.481 e. The van der Waals surface area contributed by atoms with Gasteiger partial charge in [-0.3, -0.25) is 29.4 Å². The number of carboxylic acids is 1. The maximum atomic E-state index is 13.9. The zero-order valence-electron chi connectivity index (χ0n) is 19.1. The number of hydrogen-bond acceptors (Lipinski definition) is 5. The number of carbonyl (C=O) groups excluding carboxylic acids is 3. The number of anilines is 1. The van der Waals surface area contributed by atoms with Gasteiger partial charge in [-0.2, -0.15) is 0 Å². The lowest BCUT2D eigenvalue weighted by molar-refractivity contribution is -0.146. The number of imide groups is 1. The molecule has 0 bridgehead atoms. The highest BCUT2D eigenvalue weighted by molar-refractivity contribution is 6.15. The molecule has 0 radical (unpaired) electrons. The monoisotopic (exact) mass is 453 g/mol. The van der Waals surface area contributed by atoms with Crippen molar-refractivity contribution in [3.05, 3.63) is 28.8 Å². The van der Waals surface area contributed by atoms with Crippen LogP contribution in [0.3, 0.4) is 0 Å². The Hall–Kier alpha value is -2.74. The molecule has 3 heterocycles. The van der Waals surface area contributed by atoms with Gasteiger partial charge in [0.2, 0.25) is 17.7 Å². The van der Waals surface area contributed by atoms with Gasteiger partial charge in [-0.1, -0.05) is 37.8 Å². The van der Waals surface area contributed by atoms with E-state index in [1.165, 1.54) is 4.90 Å². The Morgan fingerprint density at radius 2 is 1.79 bits per heavy atom. The van der Waals surface area contributed by atoms with Crippen molar-refractivity contribution in [3.63, 3.8) is 0 Å². The lowest BCUT2D eigenvalue weighted by atomic mass is 9.76. The molecule has 4 aliphatic rings. The number of nitrogens with one attached hydrogen (secondary N) is 2. The fourth-order valence-electron chi connectivity index (χ4n) is 6.54. The van der Waals surface area contributed by atoms with E-state index < -0.39 is 29.4 Å². The van der Waals surface area contributed by atoms with Crippen LogP contribution in [0.5, 0.6) is 0 Å². The van der Waals surface area contributed by atoms with Crippen molar-refractivity contribution in [2.45, 2.75) is 82.8 Å². The Balaban J connectivity index is 1.61. The second-order valence-corrected chi connectivity index (χ2v) is 10.1. The fourth-order valence-corrected chi connectivity index (χ4v) is 6.54. The Kier molecular flexibility index (Phi) is 5.31. The summed E-state index contributed by atoms with van der Waals surface area (Å²) >= 11 is 0. The largest absolute Gasteiger partial charge is 0.481 e. The maximum absolute atomic E-state index is 13.9. The van der Waals surface area contributed by atoms with E-state index in [1.807, 2.05) is 26.0 Å². The predicted molar refractivity (Wildman–Crippen MR) is 120 cm³/mol. The van der Waals surface area contributed by atoms with Crippen LogP contribution in [0.1, 0.15) is 68.1 Å². The smallest absolute Gasteiger partial charge is 0.303 e. The highest BCUT2D eigenvalue weighted by atomic mass is 16.4. The molecule has 176 valence electrons. The Bertz CT molecular complexity index is 1040. The van der Waals surface area contributed by atoms with Crippen molar-refractivity contribution in [3.8, 4) is 0 Å². The molecule has 8 nitrogen and oxygen atoms in total. The van der Waals surface area contributed by atoms with Crippen LogP contribution < -0.4 is 10.6 Å². The minimum atomic E-state index is -1.35. The highest BCUT2D eigenvalue weighted by Gasteiger charge is 2.70. The van der Waals surface area contributed by atoms with E-state index in [1.54, 1.807) is 0 Å². The molecule has 0 unspecified atom stereocenters. The quantitative estimate of drug-likeness (QED) is 0.477. The molecule has 0 aromatic heterocycles. The molecule has 4 atom stereocenters. The van der Waals surface area contributed by atoms with Gasteiger partial charge in [0, 0.05) is 29.8 Å². The summed E-state index contributed by atoms with van der Waals surface area (Å²) in [5, 5.41) is 15.6. The zero-order chi connectivity index (χ0) is 23.5. The van der Waals surface area contributed by atoms with Gasteiger partial charge in [0.25, 0.3) is 0 Å². The molecule has 8 heteroatoms. The van der Waals surface area contributed by atoms with Crippen molar-refractivity contribution in [1.29, 1.82) is 0 Å². The molecule has 1 spiro atoms. The van der Waals surface area contributed by atoms with Gasteiger partial charge in [-0.15, -0.1) is 0 Å². The molecular weight excluding hydrogens is 422 g/mol. The van der Waals surface area contributed by atoms with E-state index >= 15 is 0 Å². The number of amides is 3. The van der Waals surface area contributed by atoms with Crippen molar-refractivity contribution >= 4 is 29.4 Å². The summed E-state index contributed by atoms with van der Waals surface area (Å²) in [6.07, 6.45) is 5.78. The van der Waals surface area contributed by atoms with Gasteiger partial charge in [0.1, 0.15) is 5.54 Å². The van der Waals surface area contributed by atoms with Gasteiger partial charge in [-0.05, 0) is 44.2 Å². The normalized spacial score (nSPS) is 31.6. The van der Waals surface area contributed by atoms with E-state index in [-0.39, 0.29) is 36.6 Å². The molecule has 33 heavy (non-hydrogen) atoms. The summed E-state index contributed by atoms with van der Waals surface area (Å²) in [4.78, 5) is 54.0. The third-order valence-electron chi connectivity index (χ3n) is 8.31. The molecule has 1 aromatic carbocycles. The molecule has 3 aliphatic heterocycles. The Morgan fingerprint density at radius 1 is 1.09 bits per heavy atom. The molecule has 3 N–H and O–H groups in total. The average molecular weight is 454 g/mol. The molecule has 3 fully saturated rings. The third-order valence-corrected chi connectivity index (χ3v) is 8.31. The zero-order valence-corrected chi connectivity index (χ0v) is 19.1. The number of nitrogens with zero attached hydrogens (tertiary/aromatic N) is 1. The molecule has 3 amide bonds. The van der Waals surface area contributed by atoms with Crippen molar-refractivity contribution in [2.75, 3.05) is 5.32 Å². The third kappa shape index (κ3) is 3.14. The lowest BCUT2D eigenvalue weighted by Crippen LogP contribution is -2.54. The predicted octanol–water partition coefficient (Wildman–Crippen LogP) is 2.61. The highest BCUT2D eigenvalue weighted by Crippen LogP contribution is 2.55. The van der Waals surface area contributed by atoms with Crippen LogP contribution in [0, 0.1) is 25.7 Å². The summed E-state index contributed by atoms with van der Waals surface area (Å²) in [7, 11) is 0. The van der Waals surface area contributed by atoms with Crippen LogP contribution in [0.15, 0.2) is 12.1 Å². The number of rotatable bonds is 4. The van der Waals surface area contributed by atoms with Crippen molar-refractivity contribution < 1.29 is 24.3 Å².